The predicted octanol–water partition coefficient (Wildman–Crippen LogP) is 1.88. The molecule has 0 saturated heterocycles. The Morgan fingerprint density at radius 3 is 2.58 bits per heavy atom. The summed E-state index contributed by atoms with van der Waals surface area (Å²) in [5.41, 5.74) is 1.92. The minimum absolute atomic E-state index is 0.0800. The van der Waals surface area contributed by atoms with Gasteiger partial charge in [0.15, 0.2) is 0 Å². The topological polar surface area (TPSA) is 49.4 Å². The zero-order valence-electron chi connectivity index (χ0n) is 11.5. The lowest BCUT2D eigenvalue weighted by Gasteiger charge is -2.23. The van der Waals surface area contributed by atoms with Crippen molar-refractivity contribution in [3.8, 4) is 0 Å². The Kier molecular flexibility index (Phi) is 4.20. The summed E-state index contributed by atoms with van der Waals surface area (Å²) in [5.74, 6) is -0.185. The van der Waals surface area contributed by atoms with Gasteiger partial charge < -0.3 is 10.2 Å². The number of nitrogens with zero attached hydrogens (tertiary/aromatic N) is 1. The van der Waals surface area contributed by atoms with Crippen LogP contribution in [-0.2, 0) is 16.0 Å². The molecular weight excluding hydrogens is 240 g/mol. The van der Waals surface area contributed by atoms with Crippen LogP contribution in [0.5, 0.6) is 0 Å². The third kappa shape index (κ3) is 3.56. The van der Waals surface area contributed by atoms with Crippen molar-refractivity contribution in [1.82, 2.24) is 5.32 Å². The number of amides is 2. The molecule has 1 aromatic rings. The van der Waals surface area contributed by atoms with E-state index in [1.165, 1.54) is 6.92 Å². The van der Waals surface area contributed by atoms with Crippen LogP contribution in [0.15, 0.2) is 24.3 Å². The van der Waals surface area contributed by atoms with Gasteiger partial charge in [0.05, 0.1) is 0 Å². The molecular formula is C15H20N2O2. The van der Waals surface area contributed by atoms with E-state index in [4.69, 9.17) is 0 Å². The summed E-state index contributed by atoms with van der Waals surface area (Å²) in [5, 5.41) is 2.91. The zero-order chi connectivity index (χ0) is 13.8. The van der Waals surface area contributed by atoms with Gasteiger partial charge in [0, 0.05) is 18.7 Å². The smallest absolute Gasteiger partial charge is 0.240 e. The normalized spacial score (nSPS) is 14.0. The van der Waals surface area contributed by atoms with Crippen LogP contribution in [0.3, 0.4) is 0 Å². The standard InChI is InChI=1S/C15H20N2O2/c1-3-12-6-4-5-7-14(12)17(11(2)18)10-15(19)16-13-8-9-13/h4-7,13H,3,8-10H2,1-2H3,(H,16,19). The predicted molar refractivity (Wildman–Crippen MR) is 75.0 cm³/mol. The Bertz CT molecular complexity index is 481. The maximum absolute atomic E-state index is 11.9. The van der Waals surface area contributed by atoms with Crippen LogP contribution in [0, 0.1) is 0 Å². The molecule has 0 unspecified atom stereocenters. The summed E-state index contributed by atoms with van der Waals surface area (Å²) in [4.78, 5) is 25.2. The zero-order valence-corrected chi connectivity index (χ0v) is 11.5. The summed E-state index contributed by atoms with van der Waals surface area (Å²) in [6.45, 7) is 3.64. The molecule has 0 atom stereocenters. The van der Waals surface area contributed by atoms with Crippen molar-refractivity contribution in [3.05, 3.63) is 29.8 Å². The van der Waals surface area contributed by atoms with Gasteiger partial charge >= 0.3 is 0 Å². The Morgan fingerprint density at radius 2 is 2.00 bits per heavy atom. The van der Waals surface area contributed by atoms with Gasteiger partial charge in [-0.25, -0.2) is 0 Å². The van der Waals surface area contributed by atoms with Crippen LogP contribution in [0.1, 0.15) is 32.3 Å². The summed E-state index contributed by atoms with van der Waals surface area (Å²) in [6, 6.07) is 8.05. The quantitative estimate of drug-likeness (QED) is 0.878. The number of hydrogen-bond donors (Lipinski definition) is 1. The molecule has 1 fully saturated rings. The number of anilines is 1. The molecule has 1 saturated carbocycles. The molecule has 0 bridgehead atoms. The molecule has 2 rings (SSSR count). The van der Waals surface area contributed by atoms with Crippen molar-refractivity contribution in [2.45, 2.75) is 39.2 Å². The van der Waals surface area contributed by atoms with Crippen LogP contribution < -0.4 is 10.2 Å². The van der Waals surface area contributed by atoms with Crippen LogP contribution in [0.25, 0.3) is 0 Å². The summed E-state index contributed by atoms with van der Waals surface area (Å²) >= 11 is 0. The molecule has 4 nitrogen and oxygen atoms in total. The number of aryl methyl sites for hydroxylation is 1. The van der Waals surface area contributed by atoms with E-state index in [0.29, 0.717) is 6.04 Å². The minimum Gasteiger partial charge on any atom is -0.352 e. The van der Waals surface area contributed by atoms with Crippen LogP contribution >= 0.6 is 0 Å². The fourth-order valence-corrected chi connectivity index (χ4v) is 2.08. The van der Waals surface area contributed by atoms with Gasteiger partial charge in [0.2, 0.25) is 11.8 Å². The third-order valence-corrected chi connectivity index (χ3v) is 3.29. The molecule has 1 aliphatic carbocycles. The van der Waals surface area contributed by atoms with E-state index in [1.807, 2.05) is 31.2 Å². The van der Waals surface area contributed by atoms with Gasteiger partial charge in [-0.2, -0.15) is 0 Å². The van der Waals surface area contributed by atoms with E-state index in [9.17, 15) is 9.59 Å². The minimum atomic E-state index is -0.105. The maximum atomic E-state index is 11.9. The monoisotopic (exact) mass is 260 g/mol. The number of para-hydroxylation sites is 1. The fourth-order valence-electron chi connectivity index (χ4n) is 2.08. The third-order valence-electron chi connectivity index (χ3n) is 3.29. The van der Waals surface area contributed by atoms with Crippen LogP contribution in [0.2, 0.25) is 0 Å². The Labute approximate surface area is 113 Å². The highest BCUT2D eigenvalue weighted by atomic mass is 16.2. The average molecular weight is 260 g/mol. The number of hydrogen-bond acceptors (Lipinski definition) is 2. The number of benzene rings is 1. The second-order valence-corrected chi connectivity index (χ2v) is 4.93. The highest BCUT2D eigenvalue weighted by molar-refractivity contribution is 5.98. The Balaban J connectivity index is 2.14. The SMILES string of the molecule is CCc1ccccc1N(CC(=O)NC1CC1)C(C)=O. The molecule has 1 aromatic carbocycles. The first-order valence-corrected chi connectivity index (χ1v) is 6.77. The van der Waals surface area contributed by atoms with Gasteiger partial charge in [0.1, 0.15) is 6.54 Å². The van der Waals surface area contributed by atoms with E-state index < -0.39 is 0 Å². The van der Waals surface area contributed by atoms with Crippen LogP contribution in [-0.4, -0.2) is 24.4 Å². The Morgan fingerprint density at radius 1 is 1.32 bits per heavy atom. The van der Waals surface area contributed by atoms with Crippen molar-refractivity contribution >= 4 is 17.5 Å². The van der Waals surface area contributed by atoms with Gasteiger partial charge in [-0.3, -0.25) is 9.59 Å². The summed E-state index contributed by atoms with van der Waals surface area (Å²) in [6.07, 6.45) is 2.94. The van der Waals surface area contributed by atoms with Crippen molar-refractivity contribution in [3.63, 3.8) is 0 Å². The van der Waals surface area contributed by atoms with Gasteiger partial charge in [-0.05, 0) is 30.9 Å². The summed E-state index contributed by atoms with van der Waals surface area (Å²) in [7, 11) is 0. The first kappa shape index (κ1) is 13.6. The van der Waals surface area contributed by atoms with E-state index in [-0.39, 0.29) is 18.4 Å². The molecule has 4 heteroatoms. The lowest BCUT2D eigenvalue weighted by molar-refractivity contribution is -0.123. The highest BCUT2D eigenvalue weighted by Gasteiger charge is 2.25. The van der Waals surface area contributed by atoms with Crippen LogP contribution in [0.4, 0.5) is 5.69 Å². The van der Waals surface area contributed by atoms with Crippen molar-refractivity contribution < 1.29 is 9.59 Å². The second-order valence-electron chi connectivity index (χ2n) is 4.93. The van der Waals surface area contributed by atoms with Gasteiger partial charge in [0.25, 0.3) is 0 Å². The number of carbonyl (C=O) groups excluding carboxylic acids is 2. The van der Waals surface area contributed by atoms with Gasteiger partial charge in [-0.1, -0.05) is 25.1 Å². The van der Waals surface area contributed by atoms with E-state index in [1.54, 1.807) is 4.90 Å². The molecule has 0 radical (unpaired) electrons. The Hall–Kier alpha value is -1.84. The lowest BCUT2D eigenvalue weighted by Crippen LogP contribution is -2.41. The maximum Gasteiger partial charge on any atom is 0.240 e. The fraction of sp³-hybridized carbons (Fsp3) is 0.467. The van der Waals surface area contributed by atoms with Crippen molar-refractivity contribution in [2.75, 3.05) is 11.4 Å². The van der Waals surface area contributed by atoms with E-state index in [2.05, 4.69) is 5.32 Å². The number of carbonyl (C=O) groups is 2. The van der Waals surface area contributed by atoms with Crippen molar-refractivity contribution in [1.29, 1.82) is 0 Å². The molecule has 19 heavy (non-hydrogen) atoms. The summed E-state index contributed by atoms with van der Waals surface area (Å²) < 4.78 is 0. The molecule has 0 spiro atoms. The van der Waals surface area contributed by atoms with E-state index in [0.717, 1.165) is 30.5 Å². The van der Waals surface area contributed by atoms with Crippen molar-refractivity contribution in [2.24, 2.45) is 0 Å². The first-order valence-electron chi connectivity index (χ1n) is 6.77. The molecule has 1 aliphatic rings. The molecule has 1 N–H and O–H groups in total. The number of nitrogens with one attached hydrogen (secondary N) is 1. The molecule has 0 heterocycles. The number of rotatable bonds is 5. The first-order chi connectivity index (χ1) is 9.11. The second kappa shape index (κ2) is 5.87. The largest absolute Gasteiger partial charge is 0.352 e. The average Bonchev–Trinajstić information content (AvgIpc) is 3.19. The van der Waals surface area contributed by atoms with Gasteiger partial charge in [-0.15, -0.1) is 0 Å². The molecule has 102 valence electrons. The van der Waals surface area contributed by atoms with E-state index >= 15 is 0 Å². The lowest BCUT2D eigenvalue weighted by atomic mass is 10.1. The highest BCUT2D eigenvalue weighted by Crippen LogP contribution is 2.22. The molecule has 0 aliphatic heterocycles. The molecule has 0 aromatic heterocycles. The molecule has 2 amide bonds.